The fourth-order valence-electron chi connectivity index (χ4n) is 3.76. The van der Waals surface area contributed by atoms with Gasteiger partial charge in [-0.15, -0.1) is 0 Å². The number of benzene rings is 2. The number of halogens is 1. The Hall–Kier alpha value is -4.45. The number of hydrogen-bond donors (Lipinski definition) is 1. The third-order valence-corrected chi connectivity index (χ3v) is 6.73. The van der Waals surface area contributed by atoms with E-state index in [-0.39, 0.29) is 27.7 Å². The van der Waals surface area contributed by atoms with E-state index in [2.05, 4.69) is 19.5 Å². The molecular weight excluding hydrogens is 477 g/mol. The Bertz CT molecular complexity index is 1730. The third-order valence-electron chi connectivity index (χ3n) is 5.38. The van der Waals surface area contributed by atoms with Crippen LogP contribution in [0.15, 0.2) is 81.4 Å². The molecule has 0 saturated carbocycles. The van der Waals surface area contributed by atoms with E-state index in [9.17, 15) is 13.2 Å². The number of pyridine rings is 1. The highest BCUT2D eigenvalue weighted by molar-refractivity contribution is 7.92. The molecule has 0 aliphatic heterocycles. The first-order valence-corrected chi connectivity index (χ1v) is 11.7. The zero-order chi connectivity index (χ0) is 24.7. The van der Waals surface area contributed by atoms with E-state index in [1.807, 2.05) is 0 Å². The molecule has 1 N–H and O–H groups in total. The van der Waals surface area contributed by atoms with Crippen molar-refractivity contribution in [1.82, 2.24) is 19.5 Å². The van der Waals surface area contributed by atoms with Crippen molar-refractivity contribution in [1.29, 1.82) is 0 Å². The van der Waals surface area contributed by atoms with E-state index >= 15 is 4.39 Å². The summed E-state index contributed by atoms with van der Waals surface area (Å²) in [6, 6.07) is 11.1. The third kappa shape index (κ3) is 4.04. The number of sulfonamides is 1. The molecule has 0 unspecified atom stereocenters. The Morgan fingerprint density at radius 1 is 1.11 bits per heavy atom. The van der Waals surface area contributed by atoms with E-state index in [1.54, 1.807) is 17.9 Å². The SMILES string of the molecule is COc1cc(-c2cnn(C)c2)c(F)cc1-n1c(=O)ccc2cc(S(=O)(=O)Nc3ccon3)ccc21. The summed E-state index contributed by atoms with van der Waals surface area (Å²) in [4.78, 5) is 12.8. The van der Waals surface area contributed by atoms with Gasteiger partial charge in [-0.25, -0.2) is 12.8 Å². The first-order valence-electron chi connectivity index (χ1n) is 10.2. The minimum Gasteiger partial charge on any atom is -0.495 e. The zero-order valence-electron chi connectivity index (χ0n) is 18.5. The van der Waals surface area contributed by atoms with Crippen LogP contribution in [0.4, 0.5) is 10.2 Å². The van der Waals surface area contributed by atoms with Gasteiger partial charge in [-0.1, -0.05) is 5.16 Å². The summed E-state index contributed by atoms with van der Waals surface area (Å²) in [5, 5.41) is 8.05. The lowest BCUT2D eigenvalue weighted by molar-refractivity contribution is 0.412. The monoisotopic (exact) mass is 495 g/mol. The molecule has 5 rings (SSSR count). The van der Waals surface area contributed by atoms with Gasteiger partial charge in [0.05, 0.1) is 29.4 Å². The normalized spacial score (nSPS) is 11.6. The van der Waals surface area contributed by atoms with Crippen LogP contribution in [0.1, 0.15) is 0 Å². The second kappa shape index (κ2) is 8.40. The van der Waals surface area contributed by atoms with Gasteiger partial charge in [0.25, 0.3) is 15.6 Å². The topological polar surface area (TPSA) is 121 Å². The van der Waals surface area contributed by atoms with Crippen molar-refractivity contribution in [2.24, 2.45) is 7.05 Å². The highest BCUT2D eigenvalue weighted by Crippen LogP contribution is 2.33. The Morgan fingerprint density at radius 3 is 2.63 bits per heavy atom. The lowest BCUT2D eigenvalue weighted by Crippen LogP contribution is -2.19. The summed E-state index contributed by atoms with van der Waals surface area (Å²) in [6.07, 6.45) is 4.43. The number of nitrogens with one attached hydrogen (secondary N) is 1. The van der Waals surface area contributed by atoms with E-state index in [0.29, 0.717) is 16.5 Å². The van der Waals surface area contributed by atoms with Gasteiger partial charge in [0.2, 0.25) is 0 Å². The molecule has 0 amide bonds. The Labute approximate surface area is 198 Å². The molecular formula is C23H18FN5O5S. The van der Waals surface area contributed by atoms with Gasteiger partial charge >= 0.3 is 0 Å². The first-order chi connectivity index (χ1) is 16.8. The Kier molecular flexibility index (Phi) is 5.36. The first kappa shape index (κ1) is 22.3. The van der Waals surface area contributed by atoms with Crippen molar-refractivity contribution >= 4 is 26.7 Å². The summed E-state index contributed by atoms with van der Waals surface area (Å²) < 4.78 is 55.9. The maximum atomic E-state index is 15.2. The molecule has 3 aromatic heterocycles. The predicted molar refractivity (Wildman–Crippen MR) is 126 cm³/mol. The minimum absolute atomic E-state index is 0.0315. The molecule has 5 aromatic rings. The van der Waals surface area contributed by atoms with Gasteiger partial charge < -0.3 is 9.26 Å². The lowest BCUT2D eigenvalue weighted by Gasteiger charge is -2.16. The number of hydrogen-bond acceptors (Lipinski definition) is 7. The van der Waals surface area contributed by atoms with Crippen molar-refractivity contribution in [2.75, 3.05) is 11.8 Å². The minimum atomic E-state index is -3.97. The maximum absolute atomic E-state index is 15.2. The smallest absolute Gasteiger partial charge is 0.263 e. The number of nitrogens with zero attached hydrogens (tertiary/aromatic N) is 4. The number of rotatable bonds is 6. The summed E-state index contributed by atoms with van der Waals surface area (Å²) >= 11 is 0. The van der Waals surface area contributed by atoms with Crippen molar-refractivity contribution < 1.29 is 22.1 Å². The maximum Gasteiger partial charge on any atom is 0.263 e. The highest BCUT2D eigenvalue weighted by atomic mass is 32.2. The number of ether oxygens (including phenoxy) is 1. The molecule has 0 aliphatic carbocycles. The molecule has 35 heavy (non-hydrogen) atoms. The van der Waals surface area contributed by atoms with Crippen LogP contribution in [0.2, 0.25) is 0 Å². The van der Waals surface area contributed by atoms with Crippen LogP contribution in [-0.2, 0) is 17.1 Å². The van der Waals surface area contributed by atoms with Crippen molar-refractivity contribution in [3.8, 4) is 22.6 Å². The van der Waals surface area contributed by atoms with Gasteiger partial charge in [-0.05, 0) is 30.3 Å². The molecule has 0 atom stereocenters. The number of methoxy groups -OCH3 is 1. The van der Waals surface area contributed by atoms with Gasteiger partial charge in [0.15, 0.2) is 5.82 Å². The van der Waals surface area contributed by atoms with Gasteiger partial charge in [-0.3, -0.25) is 18.8 Å². The van der Waals surface area contributed by atoms with E-state index < -0.39 is 21.4 Å². The molecule has 0 aliphatic rings. The largest absolute Gasteiger partial charge is 0.495 e. The molecule has 0 radical (unpaired) electrons. The number of fused-ring (bicyclic) bond motifs is 1. The summed E-state index contributed by atoms with van der Waals surface area (Å²) in [5.74, 6) is -0.290. The van der Waals surface area contributed by atoms with Crippen LogP contribution in [-0.4, -0.2) is 35.0 Å². The molecule has 0 spiro atoms. The zero-order valence-corrected chi connectivity index (χ0v) is 19.3. The van der Waals surface area contributed by atoms with Gasteiger partial charge in [0.1, 0.15) is 17.8 Å². The van der Waals surface area contributed by atoms with Crippen LogP contribution in [0, 0.1) is 5.82 Å². The number of aryl methyl sites for hydroxylation is 1. The molecule has 0 fully saturated rings. The molecule has 178 valence electrons. The van der Waals surface area contributed by atoms with Gasteiger partial charge in [0, 0.05) is 48.0 Å². The average Bonchev–Trinajstić information content (AvgIpc) is 3.50. The summed E-state index contributed by atoms with van der Waals surface area (Å²) in [7, 11) is -0.831. The quantitative estimate of drug-likeness (QED) is 0.384. The van der Waals surface area contributed by atoms with E-state index in [1.165, 1.54) is 72.7 Å². The van der Waals surface area contributed by atoms with Crippen LogP contribution in [0.3, 0.4) is 0 Å². The van der Waals surface area contributed by atoms with Crippen molar-refractivity contribution in [3.63, 3.8) is 0 Å². The summed E-state index contributed by atoms with van der Waals surface area (Å²) in [5.41, 5.74) is 0.906. The molecule has 0 saturated heterocycles. The average molecular weight is 495 g/mol. The predicted octanol–water partition coefficient (Wildman–Crippen LogP) is 3.33. The van der Waals surface area contributed by atoms with E-state index in [4.69, 9.17) is 4.74 Å². The van der Waals surface area contributed by atoms with Crippen LogP contribution >= 0.6 is 0 Å². The molecule has 2 aromatic carbocycles. The number of aromatic nitrogens is 4. The Morgan fingerprint density at radius 2 is 1.94 bits per heavy atom. The lowest BCUT2D eigenvalue weighted by atomic mass is 10.1. The molecule has 0 bridgehead atoms. The Balaban J connectivity index is 1.65. The molecule has 3 heterocycles. The molecule has 12 heteroatoms. The van der Waals surface area contributed by atoms with Gasteiger partial charge in [-0.2, -0.15) is 5.10 Å². The standard InChI is InChI=1S/C23H18FN5O5S/c1-28-13-15(12-25-28)17-10-21(33-2)20(11-18(17)24)29-19-5-4-16(9-14(19)3-6-23(29)30)35(31,32)27-22-7-8-34-26-22/h3-13H,1-2H3,(H,26,27). The fraction of sp³-hybridized carbons (Fsp3) is 0.0870. The second-order valence-electron chi connectivity index (χ2n) is 7.62. The number of anilines is 1. The van der Waals surface area contributed by atoms with Crippen LogP contribution in [0.5, 0.6) is 5.75 Å². The van der Waals surface area contributed by atoms with Crippen molar-refractivity contribution in [3.05, 3.63) is 83.4 Å². The highest BCUT2D eigenvalue weighted by Gasteiger charge is 2.20. The van der Waals surface area contributed by atoms with E-state index in [0.717, 1.165) is 0 Å². The fourth-order valence-corrected chi connectivity index (χ4v) is 4.79. The van der Waals surface area contributed by atoms with Crippen LogP contribution in [0.25, 0.3) is 27.7 Å². The van der Waals surface area contributed by atoms with Crippen LogP contribution < -0.4 is 15.0 Å². The van der Waals surface area contributed by atoms with Crippen molar-refractivity contribution in [2.45, 2.75) is 4.90 Å². The molecule has 10 nitrogen and oxygen atoms in total. The second-order valence-corrected chi connectivity index (χ2v) is 9.31. The summed E-state index contributed by atoms with van der Waals surface area (Å²) in [6.45, 7) is 0.